The number of ether oxygens (including phenoxy) is 3. The number of hydrogen-bond donors (Lipinski definition) is 0. The van der Waals surface area contributed by atoms with Gasteiger partial charge in [0.1, 0.15) is 10.8 Å². The van der Waals surface area contributed by atoms with Crippen LogP contribution < -0.4 is 0 Å². The van der Waals surface area contributed by atoms with Crippen molar-refractivity contribution in [2.24, 2.45) is 22.7 Å². The minimum absolute atomic E-state index is 0.122. The van der Waals surface area contributed by atoms with E-state index in [0.29, 0.717) is 0 Å². The first-order chi connectivity index (χ1) is 11.2. The summed E-state index contributed by atoms with van der Waals surface area (Å²) in [6, 6.07) is 0. The van der Waals surface area contributed by atoms with E-state index in [1.165, 1.54) is 44.6 Å². The minimum Gasteiger partial charge on any atom is -0.468 e. The molecule has 2 saturated carbocycles. The summed E-state index contributed by atoms with van der Waals surface area (Å²) < 4.78 is 16.5. The van der Waals surface area contributed by atoms with Gasteiger partial charge in [-0.25, -0.2) is 0 Å². The van der Waals surface area contributed by atoms with Crippen molar-refractivity contribution >= 4 is 11.9 Å². The minimum atomic E-state index is -0.901. The van der Waals surface area contributed by atoms with E-state index in [-0.39, 0.29) is 36.0 Å². The van der Waals surface area contributed by atoms with Gasteiger partial charge in [0.2, 0.25) is 0 Å². The van der Waals surface area contributed by atoms with Crippen molar-refractivity contribution in [3.8, 4) is 0 Å². The van der Waals surface area contributed by atoms with Crippen LogP contribution in [0.3, 0.4) is 0 Å². The molecule has 5 heteroatoms. The topological polar surface area (TPSA) is 61.8 Å². The lowest BCUT2D eigenvalue weighted by molar-refractivity contribution is -0.165. The molecule has 0 amide bonds. The Kier molecular flexibility index (Phi) is 2.55. The third kappa shape index (κ3) is 1.16. The predicted octanol–water partition coefficient (Wildman–Crippen LogP) is 2.00. The molecule has 4 fully saturated rings. The molecule has 6 bridgehead atoms. The normalized spacial score (nSPS) is 48.6. The molecule has 0 N–H and O–H groups in total. The van der Waals surface area contributed by atoms with Crippen molar-refractivity contribution in [1.82, 2.24) is 0 Å². The zero-order chi connectivity index (χ0) is 16.0. The van der Waals surface area contributed by atoms with Crippen molar-refractivity contribution < 1.29 is 23.8 Å². The molecule has 2 saturated heterocycles. The lowest BCUT2D eigenvalue weighted by atomic mass is 9.66. The second kappa shape index (κ2) is 4.18. The quantitative estimate of drug-likeness (QED) is 0.575. The molecule has 2 aliphatic heterocycles. The van der Waals surface area contributed by atoms with Crippen molar-refractivity contribution in [2.45, 2.75) is 50.7 Å². The lowest BCUT2D eigenvalue weighted by Crippen LogP contribution is -2.48. The Labute approximate surface area is 135 Å². The van der Waals surface area contributed by atoms with E-state index in [9.17, 15) is 9.59 Å². The third-order valence-electron chi connectivity index (χ3n) is 7.20. The second-order valence-corrected chi connectivity index (χ2v) is 7.61. The number of methoxy groups -OCH3 is 2. The third-order valence-corrected chi connectivity index (χ3v) is 7.20. The average Bonchev–Trinajstić information content (AvgIpc) is 2.82. The van der Waals surface area contributed by atoms with E-state index >= 15 is 0 Å². The highest BCUT2D eigenvalue weighted by atomic mass is 16.6. The Balaban J connectivity index is 1.73. The molecule has 23 heavy (non-hydrogen) atoms. The number of rotatable bonds is 2. The van der Waals surface area contributed by atoms with Gasteiger partial charge in [-0.1, -0.05) is 18.4 Å². The largest absolute Gasteiger partial charge is 0.468 e. The maximum atomic E-state index is 13.0. The van der Waals surface area contributed by atoms with Gasteiger partial charge in [-0.05, 0) is 31.3 Å². The van der Waals surface area contributed by atoms with E-state index in [1.807, 2.05) is 0 Å². The van der Waals surface area contributed by atoms with Crippen molar-refractivity contribution in [2.75, 3.05) is 14.2 Å². The first-order valence-corrected chi connectivity index (χ1v) is 8.72. The van der Waals surface area contributed by atoms with Crippen LogP contribution >= 0.6 is 0 Å². The van der Waals surface area contributed by atoms with E-state index in [1.54, 1.807) is 0 Å². The number of carbonyl (C=O) groups excluding carboxylic acids is 2. The van der Waals surface area contributed by atoms with Crippen LogP contribution in [0.5, 0.6) is 0 Å². The average molecular weight is 318 g/mol. The van der Waals surface area contributed by atoms with Gasteiger partial charge in [-0.15, -0.1) is 0 Å². The van der Waals surface area contributed by atoms with Crippen LogP contribution in [0.25, 0.3) is 0 Å². The Morgan fingerprint density at radius 3 is 2.39 bits per heavy atom. The van der Waals surface area contributed by atoms with Gasteiger partial charge in [0.25, 0.3) is 0 Å². The summed E-state index contributed by atoms with van der Waals surface area (Å²) in [5.41, 5.74) is 0.870. The smallest absolute Gasteiger partial charge is 0.319 e. The van der Waals surface area contributed by atoms with Gasteiger partial charge in [-0.3, -0.25) is 9.59 Å². The second-order valence-electron chi connectivity index (χ2n) is 7.61. The fraction of sp³-hybridized carbons (Fsp3) is 0.778. The van der Waals surface area contributed by atoms with Crippen LogP contribution in [0.4, 0.5) is 0 Å². The molecule has 124 valence electrons. The van der Waals surface area contributed by atoms with Crippen LogP contribution in [0.1, 0.15) is 38.5 Å². The summed E-state index contributed by atoms with van der Waals surface area (Å²) in [6.45, 7) is 0. The monoisotopic (exact) mass is 318 g/mol. The maximum Gasteiger partial charge on any atom is 0.319 e. The number of carbonyl (C=O) groups is 2. The first kappa shape index (κ1) is 14.0. The zero-order valence-corrected chi connectivity index (χ0v) is 13.6. The maximum absolute atomic E-state index is 13.0. The summed E-state index contributed by atoms with van der Waals surface area (Å²) in [4.78, 5) is 25.7. The summed E-state index contributed by atoms with van der Waals surface area (Å²) in [6.07, 6.45) is 6.24. The van der Waals surface area contributed by atoms with Crippen molar-refractivity contribution in [3.63, 3.8) is 0 Å². The fourth-order valence-electron chi connectivity index (χ4n) is 6.64. The molecule has 2 heterocycles. The molecule has 6 atom stereocenters. The molecule has 6 rings (SSSR count). The zero-order valence-electron chi connectivity index (χ0n) is 13.6. The summed E-state index contributed by atoms with van der Waals surface area (Å²) in [5.74, 6) is -0.217. The molecule has 0 aromatic heterocycles. The fourth-order valence-corrected chi connectivity index (χ4v) is 6.64. The Bertz CT molecular complexity index is 652. The highest BCUT2D eigenvalue weighted by Crippen LogP contribution is 2.89. The van der Waals surface area contributed by atoms with Crippen molar-refractivity contribution in [3.05, 3.63) is 11.1 Å². The molecular formula is C18H22O5. The van der Waals surface area contributed by atoms with Gasteiger partial charge < -0.3 is 14.2 Å². The van der Waals surface area contributed by atoms with Crippen LogP contribution in [0, 0.1) is 22.7 Å². The van der Waals surface area contributed by atoms with Crippen LogP contribution in [0.2, 0.25) is 0 Å². The van der Waals surface area contributed by atoms with Crippen LogP contribution in [0.15, 0.2) is 11.1 Å². The summed E-state index contributed by atoms with van der Waals surface area (Å²) in [7, 11) is 2.83. The summed E-state index contributed by atoms with van der Waals surface area (Å²) in [5, 5.41) is 0. The molecule has 0 spiro atoms. The molecular weight excluding hydrogens is 296 g/mol. The molecule has 6 unspecified atom stereocenters. The molecule has 0 radical (unpaired) electrons. The molecule has 6 aliphatic rings. The summed E-state index contributed by atoms with van der Waals surface area (Å²) >= 11 is 0. The van der Waals surface area contributed by atoms with E-state index < -0.39 is 10.8 Å². The SMILES string of the molecule is COC(=O)C12C3=C(CCCCCC3)C3C1OC1C3C12C(=O)OC. The van der Waals surface area contributed by atoms with Gasteiger partial charge in [-0.2, -0.15) is 0 Å². The standard InChI is InChI=1S/C18H22O5/c1-21-15(19)17-10-8-6-4-3-5-7-9(10)11-12-14(23-13(11)17)18(12,17)16(20)22-2/h11-14H,3-8H2,1-2H3. The van der Waals surface area contributed by atoms with Gasteiger partial charge in [0, 0.05) is 11.8 Å². The van der Waals surface area contributed by atoms with Gasteiger partial charge in [0.05, 0.1) is 26.4 Å². The highest BCUT2D eigenvalue weighted by molar-refractivity contribution is 6.00. The first-order valence-electron chi connectivity index (χ1n) is 8.72. The Hall–Kier alpha value is -1.36. The van der Waals surface area contributed by atoms with Crippen LogP contribution in [-0.4, -0.2) is 38.4 Å². The lowest BCUT2D eigenvalue weighted by Gasteiger charge is -2.35. The Morgan fingerprint density at radius 1 is 1.00 bits per heavy atom. The van der Waals surface area contributed by atoms with Gasteiger partial charge in [0.15, 0.2) is 0 Å². The molecule has 4 aliphatic carbocycles. The number of hydrogen-bond acceptors (Lipinski definition) is 5. The van der Waals surface area contributed by atoms with E-state index in [2.05, 4.69) is 0 Å². The van der Waals surface area contributed by atoms with E-state index in [0.717, 1.165) is 19.3 Å². The Morgan fingerprint density at radius 2 is 1.70 bits per heavy atom. The molecule has 0 aromatic carbocycles. The van der Waals surface area contributed by atoms with Crippen molar-refractivity contribution in [1.29, 1.82) is 0 Å². The van der Waals surface area contributed by atoms with Crippen LogP contribution in [-0.2, 0) is 23.8 Å². The highest BCUT2D eigenvalue weighted by Gasteiger charge is 3.00. The molecule has 5 nitrogen and oxygen atoms in total. The van der Waals surface area contributed by atoms with Gasteiger partial charge >= 0.3 is 11.9 Å². The predicted molar refractivity (Wildman–Crippen MR) is 79.3 cm³/mol. The number of esters is 2. The van der Waals surface area contributed by atoms with E-state index in [4.69, 9.17) is 14.2 Å². The molecule has 0 aromatic rings.